The lowest BCUT2D eigenvalue weighted by atomic mass is 10.1. The molecule has 2 aromatic rings. The van der Waals surface area contributed by atoms with Gasteiger partial charge in [-0.1, -0.05) is 12.1 Å². The van der Waals surface area contributed by atoms with E-state index in [-0.39, 0.29) is 11.7 Å². The molecule has 1 amide bonds. The summed E-state index contributed by atoms with van der Waals surface area (Å²) in [6.45, 7) is 1.49. The number of amides is 1. The minimum Gasteiger partial charge on any atom is -0.381 e. The van der Waals surface area contributed by atoms with Crippen molar-refractivity contribution < 1.29 is 9.59 Å². The number of hydrogen-bond acceptors (Lipinski definition) is 4. The molecule has 5 nitrogen and oxygen atoms in total. The normalized spacial score (nSPS) is 13.5. The zero-order valence-corrected chi connectivity index (χ0v) is 12.3. The second kappa shape index (κ2) is 5.97. The first-order valence-electron chi connectivity index (χ1n) is 7.27. The topological polar surface area (TPSA) is 71.1 Å². The zero-order valence-electron chi connectivity index (χ0n) is 12.3. The van der Waals surface area contributed by atoms with Gasteiger partial charge in [0.05, 0.1) is 11.9 Å². The van der Waals surface area contributed by atoms with Gasteiger partial charge in [0.2, 0.25) is 0 Å². The number of carbonyl (C=O) groups is 2. The molecule has 0 aliphatic heterocycles. The molecule has 0 bridgehead atoms. The fourth-order valence-electron chi connectivity index (χ4n) is 2.09. The lowest BCUT2D eigenvalue weighted by Crippen LogP contribution is -2.14. The van der Waals surface area contributed by atoms with Crippen LogP contribution in [0.4, 0.5) is 11.4 Å². The van der Waals surface area contributed by atoms with E-state index in [1.54, 1.807) is 36.5 Å². The molecule has 1 heterocycles. The number of Topliss-reactive ketones (excluding diaryl/α,β-unsaturated/α-hetero) is 1. The number of nitrogens with zero attached hydrogens (tertiary/aromatic N) is 1. The van der Waals surface area contributed by atoms with Crippen LogP contribution in [0.25, 0.3) is 0 Å². The van der Waals surface area contributed by atoms with Gasteiger partial charge in [0.15, 0.2) is 5.78 Å². The van der Waals surface area contributed by atoms with Gasteiger partial charge in [-0.05, 0) is 44.0 Å². The van der Waals surface area contributed by atoms with Gasteiger partial charge in [0.25, 0.3) is 5.91 Å². The van der Waals surface area contributed by atoms with Crippen LogP contribution in [0.2, 0.25) is 0 Å². The summed E-state index contributed by atoms with van der Waals surface area (Å²) in [4.78, 5) is 27.7. The SMILES string of the molecule is CC(=O)c1cccc(NC(=O)c2ccc(NC3CC3)cn2)c1. The van der Waals surface area contributed by atoms with Crippen LogP contribution in [0.3, 0.4) is 0 Å². The fraction of sp³-hybridized carbons (Fsp3) is 0.235. The van der Waals surface area contributed by atoms with Crippen LogP contribution < -0.4 is 10.6 Å². The second-order valence-electron chi connectivity index (χ2n) is 5.44. The summed E-state index contributed by atoms with van der Waals surface area (Å²) in [5.74, 6) is -0.330. The maximum Gasteiger partial charge on any atom is 0.274 e. The van der Waals surface area contributed by atoms with E-state index in [1.807, 2.05) is 6.07 Å². The summed E-state index contributed by atoms with van der Waals surface area (Å²) >= 11 is 0. The van der Waals surface area contributed by atoms with Crippen molar-refractivity contribution in [2.75, 3.05) is 10.6 Å². The van der Waals surface area contributed by atoms with Gasteiger partial charge in [-0.25, -0.2) is 4.98 Å². The van der Waals surface area contributed by atoms with E-state index in [9.17, 15) is 9.59 Å². The summed E-state index contributed by atoms with van der Waals surface area (Å²) in [5, 5.41) is 6.07. The number of anilines is 2. The highest BCUT2D eigenvalue weighted by atomic mass is 16.2. The van der Waals surface area contributed by atoms with E-state index in [2.05, 4.69) is 15.6 Å². The molecule has 0 saturated heterocycles. The van der Waals surface area contributed by atoms with Gasteiger partial charge in [-0.2, -0.15) is 0 Å². The van der Waals surface area contributed by atoms with E-state index in [4.69, 9.17) is 0 Å². The van der Waals surface area contributed by atoms with Crippen molar-refractivity contribution in [3.05, 3.63) is 53.9 Å². The summed E-state index contributed by atoms with van der Waals surface area (Å²) in [5.41, 5.74) is 2.42. The summed E-state index contributed by atoms with van der Waals surface area (Å²) < 4.78 is 0. The highest BCUT2D eigenvalue weighted by Gasteiger charge is 2.20. The van der Waals surface area contributed by atoms with E-state index in [0.717, 1.165) is 5.69 Å². The summed E-state index contributed by atoms with van der Waals surface area (Å²) in [7, 11) is 0. The molecule has 3 rings (SSSR count). The van der Waals surface area contributed by atoms with Crippen LogP contribution in [0.15, 0.2) is 42.6 Å². The van der Waals surface area contributed by atoms with Gasteiger partial charge in [0, 0.05) is 17.3 Å². The third kappa shape index (κ3) is 3.49. The van der Waals surface area contributed by atoms with Crippen LogP contribution in [0, 0.1) is 0 Å². The Morgan fingerprint density at radius 1 is 1.14 bits per heavy atom. The van der Waals surface area contributed by atoms with Crippen molar-refractivity contribution >= 4 is 23.1 Å². The molecule has 0 spiro atoms. The number of carbonyl (C=O) groups excluding carboxylic acids is 2. The zero-order chi connectivity index (χ0) is 15.5. The number of benzene rings is 1. The number of nitrogens with one attached hydrogen (secondary N) is 2. The van der Waals surface area contributed by atoms with Gasteiger partial charge in [0.1, 0.15) is 5.69 Å². The Hall–Kier alpha value is -2.69. The molecule has 112 valence electrons. The first-order chi connectivity index (χ1) is 10.6. The number of aromatic nitrogens is 1. The Kier molecular flexibility index (Phi) is 3.87. The molecular weight excluding hydrogens is 278 g/mol. The molecule has 1 saturated carbocycles. The van der Waals surface area contributed by atoms with Crippen molar-refractivity contribution in [3.8, 4) is 0 Å². The largest absolute Gasteiger partial charge is 0.381 e. The number of pyridine rings is 1. The Labute approximate surface area is 128 Å². The van der Waals surface area contributed by atoms with Gasteiger partial charge in [-0.15, -0.1) is 0 Å². The molecule has 0 radical (unpaired) electrons. The van der Waals surface area contributed by atoms with Gasteiger partial charge >= 0.3 is 0 Å². The van der Waals surface area contributed by atoms with Crippen molar-refractivity contribution in [3.63, 3.8) is 0 Å². The standard InChI is InChI=1S/C17H17N3O2/c1-11(21)12-3-2-4-14(9-12)20-17(22)16-8-7-15(10-18-16)19-13-5-6-13/h2-4,7-10,13,19H,5-6H2,1H3,(H,20,22). The van der Waals surface area contributed by atoms with Crippen molar-refractivity contribution in [1.29, 1.82) is 0 Å². The predicted octanol–water partition coefficient (Wildman–Crippen LogP) is 3.11. The molecule has 2 N–H and O–H groups in total. The van der Waals surface area contributed by atoms with E-state index < -0.39 is 0 Å². The Morgan fingerprint density at radius 3 is 2.59 bits per heavy atom. The summed E-state index contributed by atoms with van der Waals surface area (Å²) in [6, 6.07) is 10.9. The van der Waals surface area contributed by atoms with Crippen LogP contribution in [0.5, 0.6) is 0 Å². The minimum atomic E-state index is -0.293. The second-order valence-corrected chi connectivity index (χ2v) is 5.44. The quantitative estimate of drug-likeness (QED) is 0.831. The van der Waals surface area contributed by atoms with Gasteiger partial charge in [-0.3, -0.25) is 9.59 Å². The van der Waals surface area contributed by atoms with Crippen LogP contribution >= 0.6 is 0 Å². The Bertz CT molecular complexity index is 706. The van der Waals surface area contributed by atoms with Crippen molar-refractivity contribution in [1.82, 2.24) is 4.98 Å². The Balaban J connectivity index is 1.68. The molecule has 1 aromatic heterocycles. The highest BCUT2D eigenvalue weighted by Crippen LogP contribution is 2.24. The first kappa shape index (κ1) is 14.3. The molecule has 1 fully saturated rings. The van der Waals surface area contributed by atoms with E-state index >= 15 is 0 Å². The van der Waals surface area contributed by atoms with Crippen LogP contribution in [-0.2, 0) is 0 Å². The highest BCUT2D eigenvalue weighted by molar-refractivity contribution is 6.04. The van der Waals surface area contributed by atoms with Crippen LogP contribution in [-0.4, -0.2) is 22.7 Å². The average molecular weight is 295 g/mol. The maximum atomic E-state index is 12.2. The fourth-order valence-corrected chi connectivity index (χ4v) is 2.09. The smallest absolute Gasteiger partial charge is 0.274 e. The molecule has 5 heteroatoms. The number of ketones is 1. The lowest BCUT2D eigenvalue weighted by Gasteiger charge is -2.07. The maximum absolute atomic E-state index is 12.2. The number of rotatable bonds is 5. The molecule has 0 atom stereocenters. The van der Waals surface area contributed by atoms with Crippen LogP contribution in [0.1, 0.15) is 40.6 Å². The van der Waals surface area contributed by atoms with Crippen molar-refractivity contribution in [2.24, 2.45) is 0 Å². The van der Waals surface area contributed by atoms with Crippen molar-refractivity contribution in [2.45, 2.75) is 25.8 Å². The third-order valence-corrected chi connectivity index (χ3v) is 3.47. The van der Waals surface area contributed by atoms with Gasteiger partial charge < -0.3 is 10.6 Å². The molecule has 1 aliphatic carbocycles. The molecule has 0 unspecified atom stereocenters. The third-order valence-electron chi connectivity index (χ3n) is 3.47. The summed E-state index contributed by atoms with van der Waals surface area (Å²) in [6.07, 6.45) is 4.04. The lowest BCUT2D eigenvalue weighted by molar-refractivity contribution is 0.100. The van der Waals surface area contributed by atoms with E-state index in [0.29, 0.717) is 23.0 Å². The monoisotopic (exact) mass is 295 g/mol. The Morgan fingerprint density at radius 2 is 1.95 bits per heavy atom. The van der Waals surface area contributed by atoms with E-state index in [1.165, 1.54) is 19.8 Å². The average Bonchev–Trinajstić information content (AvgIpc) is 3.32. The molecule has 1 aliphatic rings. The molecule has 1 aromatic carbocycles. The molecule has 22 heavy (non-hydrogen) atoms. The minimum absolute atomic E-state index is 0.0373. The first-order valence-corrected chi connectivity index (χ1v) is 7.27. The number of hydrogen-bond donors (Lipinski definition) is 2. The predicted molar refractivity (Wildman–Crippen MR) is 85.3 cm³/mol. The molecular formula is C17H17N3O2.